The Bertz CT molecular complexity index is 2180. The fourth-order valence-corrected chi connectivity index (χ4v) is 7.22. The molecule has 1 aliphatic rings. The molecule has 0 atom stereocenters. The van der Waals surface area contributed by atoms with Crippen molar-refractivity contribution in [1.82, 2.24) is 0 Å². The van der Waals surface area contributed by atoms with Gasteiger partial charge in [-0.2, -0.15) is 0 Å². The minimum atomic E-state index is -0.136. The molecule has 0 radical (unpaired) electrons. The van der Waals surface area contributed by atoms with Crippen LogP contribution in [0.3, 0.4) is 0 Å². The van der Waals surface area contributed by atoms with Crippen LogP contribution in [0.4, 0.5) is 17.1 Å². The Morgan fingerprint density at radius 3 is 1.23 bits per heavy atom. The molecule has 0 bridgehead atoms. The van der Waals surface area contributed by atoms with E-state index >= 15 is 0 Å². The van der Waals surface area contributed by atoms with Gasteiger partial charge in [-0.05, 0) is 112 Å². The van der Waals surface area contributed by atoms with E-state index in [0.717, 1.165) is 11.4 Å². The van der Waals surface area contributed by atoms with E-state index in [1.165, 1.54) is 72.4 Å². The lowest BCUT2D eigenvalue weighted by Gasteiger charge is -2.28. The Labute approximate surface area is 284 Å². The van der Waals surface area contributed by atoms with E-state index in [1.807, 2.05) is 0 Å². The molecule has 0 unspecified atom stereocenters. The van der Waals surface area contributed by atoms with Crippen molar-refractivity contribution >= 4 is 17.1 Å². The normalized spacial score (nSPS) is 12.8. The molecule has 0 spiro atoms. The lowest BCUT2D eigenvalue weighted by Crippen LogP contribution is -2.16. The van der Waals surface area contributed by atoms with Crippen molar-refractivity contribution in [2.24, 2.45) is 0 Å². The average Bonchev–Trinajstić information content (AvgIpc) is 3.35. The number of anilines is 3. The monoisotopic (exact) mass is 617 g/mol. The van der Waals surface area contributed by atoms with Gasteiger partial charge in [-0.15, -0.1) is 0 Å². The van der Waals surface area contributed by atoms with Crippen LogP contribution < -0.4 is 4.90 Å². The zero-order valence-corrected chi connectivity index (χ0v) is 28.0. The highest BCUT2D eigenvalue weighted by Crippen LogP contribution is 2.51. The Morgan fingerprint density at radius 1 is 0.354 bits per heavy atom. The number of aryl methyl sites for hydroxylation is 2. The smallest absolute Gasteiger partial charge is 0.0465 e. The van der Waals surface area contributed by atoms with Gasteiger partial charge in [-0.1, -0.05) is 146 Å². The fourth-order valence-electron chi connectivity index (χ4n) is 7.22. The first kappa shape index (κ1) is 29.7. The summed E-state index contributed by atoms with van der Waals surface area (Å²) >= 11 is 0. The van der Waals surface area contributed by atoms with Crippen LogP contribution in [-0.4, -0.2) is 0 Å². The van der Waals surface area contributed by atoms with Crippen LogP contribution in [0.5, 0.6) is 0 Å². The van der Waals surface area contributed by atoms with Crippen molar-refractivity contribution in [1.29, 1.82) is 0 Å². The number of nitrogens with zero attached hydrogens (tertiary/aromatic N) is 1. The molecular weight excluding hydrogens is 579 g/mol. The molecule has 1 heteroatoms. The second-order valence-corrected chi connectivity index (χ2v) is 13.6. The Balaban J connectivity index is 1.10. The van der Waals surface area contributed by atoms with Crippen LogP contribution in [0.2, 0.25) is 0 Å². The summed E-state index contributed by atoms with van der Waals surface area (Å²) in [5.41, 5.74) is 18.7. The molecule has 7 aromatic carbocycles. The van der Waals surface area contributed by atoms with E-state index in [4.69, 9.17) is 0 Å². The third kappa shape index (κ3) is 5.32. The van der Waals surface area contributed by atoms with E-state index in [2.05, 4.69) is 196 Å². The van der Waals surface area contributed by atoms with Gasteiger partial charge in [0.15, 0.2) is 0 Å². The van der Waals surface area contributed by atoms with Crippen LogP contribution in [0.1, 0.15) is 36.1 Å². The van der Waals surface area contributed by atoms with Crippen LogP contribution in [0, 0.1) is 13.8 Å². The zero-order chi connectivity index (χ0) is 32.8. The fraction of sp³-hybridized carbons (Fsp3) is 0.106. The number of fused-ring (bicyclic) bond motifs is 3. The quantitative estimate of drug-likeness (QED) is 0.179. The molecule has 0 N–H and O–H groups in total. The molecular formula is C47H39N. The van der Waals surface area contributed by atoms with E-state index in [0.29, 0.717) is 0 Å². The number of rotatable bonds is 6. The maximum Gasteiger partial charge on any atom is 0.0465 e. The molecule has 0 amide bonds. The zero-order valence-electron chi connectivity index (χ0n) is 28.0. The molecule has 48 heavy (non-hydrogen) atoms. The summed E-state index contributed by atoms with van der Waals surface area (Å²) in [5.74, 6) is 0. The minimum Gasteiger partial charge on any atom is -0.310 e. The van der Waals surface area contributed by atoms with Gasteiger partial charge in [0, 0.05) is 22.5 Å². The van der Waals surface area contributed by atoms with Gasteiger partial charge >= 0.3 is 0 Å². The van der Waals surface area contributed by atoms with Crippen LogP contribution in [-0.2, 0) is 5.41 Å². The highest BCUT2D eigenvalue weighted by Gasteiger charge is 2.36. The van der Waals surface area contributed by atoms with Gasteiger partial charge in [0.2, 0.25) is 0 Å². The van der Waals surface area contributed by atoms with E-state index in [9.17, 15) is 0 Å². The molecule has 1 aliphatic carbocycles. The summed E-state index contributed by atoms with van der Waals surface area (Å²) in [6.07, 6.45) is 0. The van der Waals surface area contributed by atoms with Crippen LogP contribution in [0.15, 0.2) is 164 Å². The highest BCUT2D eigenvalue weighted by atomic mass is 15.1. The topological polar surface area (TPSA) is 3.24 Å². The number of hydrogen-bond donors (Lipinski definition) is 0. The SMILES string of the molecule is Cc1ccc(N(c2ccc(C)cc2)c2ccc3c(c2)C(C)(C)c2cc(-c4ccc(-c5ccc(-c6ccccc6)cc5)cc4)ccc2-3)cc1. The summed E-state index contributed by atoms with van der Waals surface area (Å²) < 4.78 is 0. The summed E-state index contributed by atoms with van der Waals surface area (Å²) in [6, 6.07) is 60.1. The van der Waals surface area contributed by atoms with Gasteiger partial charge in [-0.3, -0.25) is 0 Å². The van der Waals surface area contributed by atoms with Gasteiger partial charge in [0.1, 0.15) is 0 Å². The van der Waals surface area contributed by atoms with Crippen molar-refractivity contribution in [2.75, 3.05) is 4.90 Å². The van der Waals surface area contributed by atoms with E-state index in [-0.39, 0.29) is 5.41 Å². The van der Waals surface area contributed by atoms with E-state index in [1.54, 1.807) is 0 Å². The summed E-state index contributed by atoms with van der Waals surface area (Å²) in [4.78, 5) is 2.38. The van der Waals surface area contributed by atoms with Crippen LogP contribution >= 0.6 is 0 Å². The summed E-state index contributed by atoms with van der Waals surface area (Å²) in [6.45, 7) is 9.02. The van der Waals surface area contributed by atoms with Crippen molar-refractivity contribution in [3.05, 3.63) is 186 Å². The molecule has 0 aliphatic heterocycles. The minimum absolute atomic E-state index is 0.136. The van der Waals surface area contributed by atoms with Crippen molar-refractivity contribution < 1.29 is 0 Å². The molecule has 232 valence electrons. The third-order valence-electron chi connectivity index (χ3n) is 10.0. The molecule has 0 aromatic heterocycles. The second kappa shape index (κ2) is 11.9. The van der Waals surface area contributed by atoms with Gasteiger partial charge in [-0.25, -0.2) is 0 Å². The maximum absolute atomic E-state index is 2.41. The predicted octanol–water partition coefficient (Wildman–Crippen LogP) is 13.1. The van der Waals surface area contributed by atoms with Gasteiger partial charge < -0.3 is 4.90 Å². The highest BCUT2D eigenvalue weighted by molar-refractivity contribution is 5.87. The van der Waals surface area contributed by atoms with Gasteiger partial charge in [0.05, 0.1) is 0 Å². The first-order valence-corrected chi connectivity index (χ1v) is 16.8. The number of hydrogen-bond acceptors (Lipinski definition) is 1. The average molecular weight is 618 g/mol. The third-order valence-corrected chi connectivity index (χ3v) is 10.0. The molecule has 0 saturated heterocycles. The van der Waals surface area contributed by atoms with Crippen LogP contribution in [0.25, 0.3) is 44.5 Å². The standard InChI is InChI=1S/C47H39N/c1-32-10-23-40(24-11-32)48(41-25-12-33(2)13-26-41)42-27-29-44-43-28-22-39(30-45(43)47(3,4)46(44)31-42)38-20-18-37(19-21-38)36-16-14-35(15-17-36)34-8-6-5-7-9-34/h5-31H,1-4H3. The lowest BCUT2D eigenvalue weighted by molar-refractivity contribution is 0.660. The first-order valence-electron chi connectivity index (χ1n) is 16.8. The second-order valence-electron chi connectivity index (χ2n) is 13.6. The molecule has 8 rings (SSSR count). The molecule has 0 heterocycles. The maximum atomic E-state index is 2.41. The van der Waals surface area contributed by atoms with Crippen molar-refractivity contribution in [3.8, 4) is 44.5 Å². The van der Waals surface area contributed by atoms with Crippen molar-refractivity contribution in [3.63, 3.8) is 0 Å². The Morgan fingerprint density at radius 2 is 0.729 bits per heavy atom. The molecule has 0 saturated carbocycles. The predicted molar refractivity (Wildman–Crippen MR) is 204 cm³/mol. The molecule has 7 aromatic rings. The number of benzene rings is 7. The van der Waals surface area contributed by atoms with E-state index < -0.39 is 0 Å². The lowest BCUT2D eigenvalue weighted by atomic mass is 9.81. The Hall–Kier alpha value is -5.66. The molecule has 1 nitrogen and oxygen atoms in total. The largest absolute Gasteiger partial charge is 0.310 e. The first-order chi connectivity index (χ1) is 23.3. The summed E-state index contributed by atoms with van der Waals surface area (Å²) in [5, 5.41) is 0. The summed E-state index contributed by atoms with van der Waals surface area (Å²) in [7, 11) is 0. The Kier molecular flexibility index (Phi) is 7.34. The van der Waals surface area contributed by atoms with Crippen molar-refractivity contribution in [2.45, 2.75) is 33.1 Å². The van der Waals surface area contributed by atoms with Gasteiger partial charge in [0.25, 0.3) is 0 Å². The molecule has 0 fully saturated rings.